The lowest BCUT2D eigenvalue weighted by molar-refractivity contribution is 0.436. The van der Waals surface area contributed by atoms with Crippen LogP contribution in [-0.4, -0.2) is 5.16 Å². The van der Waals surface area contributed by atoms with Gasteiger partial charge >= 0.3 is 0 Å². The van der Waals surface area contributed by atoms with Crippen molar-refractivity contribution in [2.24, 2.45) is 0 Å². The fraction of sp³-hybridized carbons (Fsp3) is 0.250. The van der Waals surface area contributed by atoms with Gasteiger partial charge in [0.25, 0.3) is 0 Å². The summed E-state index contributed by atoms with van der Waals surface area (Å²) in [6.07, 6.45) is 2.66. The molecule has 2 aromatic rings. The van der Waals surface area contributed by atoms with Crippen LogP contribution in [0.1, 0.15) is 24.3 Å². The molecular weight excluding hydrogens is 188 g/mol. The Balaban J connectivity index is 1.92. The first-order chi connectivity index (χ1) is 7.33. The topological polar surface area (TPSA) is 52.0 Å². The summed E-state index contributed by atoms with van der Waals surface area (Å²) >= 11 is 0. The van der Waals surface area contributed by atoms with Crippen molar-refractivity contribution in [3.63, 3.8) is 0 Å². The van der Waals surface area contributed by atoms with Gasteiger partial charge in [-0.2, -0.15) is 0 Å². The largest absolute Gasteiger partial charge is 0.381 e. The van der Waals surface area contributed by atoms with Crippen LogP contribution in [0.5, 0.6) is 0 Å². The zero-order chi connectivity index (χ0) is 10.3. The molecule has 3 rings (SSSR count). The number of nitrogens with zero attached hydrogens (tertiary/aromatic N) is 1. The molecule has 2 N–H and O–H groups in total. The Kier molecular flexibility index (Phi) is 1.78. The van der Waals surface area contributed by atoms with Gasteiger partial charge in [0.15, 0.2) is 11.6 Å². The van der Waals surface area contributed by atoms with E-state index in [1.54, 1.807) is 6.07 Å². The van der Waals surface area contributed by atoms with E-state index in [1.807, 2.05) is 0 Å². The SMILES string of the molecule is Nc1cc(-c2ccc(C3CC3)cc2)on1. The van der Waals surface area contributed by atoms with Crippen molar-refractivity contribution < 1.29 is 4.52 Å². The van der Waals surface area contributed by atoms with E-state index in [2.05, 4.69) is 29.4 Å². The van der Waals surface area contributed by atoms with Crippen molar-refractivity contribution in [2.75, 3.05) is 5.73 Å². The monoisotopic (exact) mass is 200 g/mol. The molecule has 0 atom stereocenters. The summed E-state index contributed by atoms with van der Waals surface area (Å²) in [7, 11) is 0. The molecular formula is C12H12N2O. The van der Waals surface area contributed by atoms with E-state index in [0.717, 1.165) is 17.2 Å². The van der Waals surface area contributed by atoms with Crippen LogP contribution >= 0.6 is 0 Å². The molecule has 0 bridgehead atoms. The minimum Gasteiger partial charge on any atom is -0.381 e. The number of anilines is 1. The summed E-state index contributed by atoms with van der Waals surface area (Å²) in [6, 6.07) is 10.2. The molecule has 0 saturated heterocycles. The summed E-state index contributed by atoms with van der Waals surface area (Å²) in [4.78, 5) is 0. The van der Waals surface area contributed by atoms with Crippen LogP contribution < -0.4 is 5.73 Å². The average Bonchev–Trinajstić information content (AvgIpc) is 3.02. The Bertz CT molecular complexity index is 469. The Morgan fingerprint density at radius 3 is 2.47 bits per heavy atom. The van der Waals surface area contributed by atoms with Gasteiger partial charge in [-0.25, -0.2) is 0 Å². The molecule has 0 amide bonds. The van der Waals surface area contributed by atoms with Crippen molar-refractivity contribution >= 4 is 5.82 Å². The molecule has 0 unspecified atom stereocenters. The molecule has 1 heterocycles. The highest BCUT2D eigenvalue weighted by atomic mass is 16.5. The van der Waals surface area contributed by atoms with Gasteiger partial charge in [0, 0.05) is 11.6 Å². The first-order valence-electron chi connectivity index (χ1n) is 5.15. The van der Waals surface area contributed by atoms with E-state index in [9.17, 15) is 0 Å². The number of aromatic nitrogens is 1. The van der Waals surface area contributed by atoms with Gasteiger partial charge in [0.05, 0.1) is 0 Å². The Hall–Kier alpha value is -1.77. The van der Waals surface area contributed by atoms with Gasteiger partial charge in [-0.05, 0) is 24.3 Å². The first-order valence-corrected chi connectivity index (χ1v) is 5.15. The zero-order valence-corrected chi connectivity index (χ0v) is 8.31. The van der Waals surface area contributed by atoms with Crippen LogP contribution in [-0.2, 0) is 0 Å². The molecule has 15 heavy (non-hydrogen) atoms. The van der Waals surface area contributed by atoms with Crippen LogP contribution in [0.2, 0.25) is 0 Å². The Labute approximate surface area is 87.9 Å². The zero-order valence-electron chi connectivity index (χ0n) is 8.31. The van der Waals surface area contributed by atoms with Crippen LogP contribution in [0.15, 0.2) is 34.9 Å². The first kappa shape index (κ1) is 8.53. The molecule has 1 saturated carbocycles. The number of benzene rings is 1. The predicted octanol–water partition coefficient (Wildman–Crippen LogP) is 2.80. The van der Waals surface area contributed by atoms with E-state index in [-0.39, 0.29) is 0 Å². The van der Waals surface area contributed by atoms with Gasteiger partial charge in [-0.3, -0.25) is 0 Å². The fourth-order valence-electron chi connectivity index (χ4n) is 1.76. The van der Waals surface area contributed by atoms with Gasteiger partial charge in [-0.1, -0.05) is 29.4 Å². The van der Waals surface area contributed by atoms with E-state index in [4.69, 9.17) is 10.3 Å². The third-order valence-corrected chi connectivity index (χ3v) is 2.77. The van der Waals surface area contributed by atoms with Crippen LogP contribution in [0.25, 0.3) is 11.3 Å². The minimum absolute atomic E-state index is 0.427. The summed E-state index contributed by atoms with van der Waals surface area (Å²) in [5.41, 5.74) is 7.95. The van der Waals surface area contributed by atoms with E-state index < -0.39 is 0 Å². The lowest BCUT2D eigenvalue weighted by Gasteiger charge is -1.98. The molecule has 3 nitrogen and oxygen atoms in total. The standard InChI is InChI=1S/C12H12N2O/c13-12-7-11(15-14-12)10-5-3-9(4-6-10)8-1-2-8/h3-8H,1-2H2,(H2,13,14). The van der Waals surface area contributed by atoms with Gasteiger partial charge in [0.1, 0.15) is 0 Å². The van der Waals surface area contributed by atoms with E-state index >= 15 is 0 Å². The molecule has 3 heteroatoms. The molecule has 0 radical (unpaired) electrons. The number of rotatable bonds is 2. The Morgan fingerprint density at radius 2 is 1.93 bits per heavy atom. The van der Waals surface area contributed by atoms with E-state index in [1.165, 1.54) is 18.4 Å². The van der Waals surface area contributed by atoms with Crippen molar-refractivity contribution in [1.82, 2.24) is 5.16 Å². The second kappa shape index (κ2) is 3.12. The molecule has 1 fully saturated rings. The molecule has 1 aliphatic rings. The number of hydrogen-bond donors (Lipinski definition) is 1. The summed E-state index contributed by atoms with van der Waals surface area (Å²) in [5.74, 6) is 1.95. The molecule has 0 spiro atoms. The summed E-state index contributed by atoms with van der Waals surface area (Å²) in [6.45, 7) is 0. The third kappa shape index (κ3) is 1.61. The highest BCUT2D eigenvalue weighted by Gasteiger charge is 2.23. The highest BCUT2D eigenvalue weighted by Crippen LogP contribution is 2.40. The average molecular weight is 200 g/mol. The van der Waals surface area contributed by atoms with Crippen molar-refractivity contribution in [3.05, 3.63) is 35.9 Å². The van der Waals surface area contributed by atoms with Crippen molar-refractivity contribution in [2.45, 2.75) is 18.8 Å². The van der Waals surface area contributed by atoms with Crippen molar-refractivity contribution in [1.29, 1.82) is 0 Å². The smallest absolute Gasteiger partial charge is 0.169 e. The molecule has 76 valence electrons. The lowest BCUT2D eigenvalue weighted by Crippen LogP contribution is -1.80. The quantitative estimate of drug-likeness (QED) is 0.810. The van der Waals surface area contributed by atoms with Gasteiger partial charge < -0.3 is 10.3 Å². The predicted molar refractivity (Wildman–Crippen MR) is 58.3 cm³/mol. The van der Waals surface area contributed by atoms with Gasteiger partial charge in [0.2, 0.25) is 0 Å². The second-order valence-electron chi connectivity index (χ2n) is 4.01. The number of nitrogens with two attached hydrogens (primary N) is 1. The highest BCUT2D eigenvalue weighted by molar-refractivity contribution is 5.60. The number of nitrogen functional groups attached to an aromatic ring is 1. The Morgan fingerprint density at radius 1 is 1.20 bits per heavy atom. The maximum Gasteiger partial charge on any atom is 0.169 e. The maximum atomic E-state index is 5.50. The number of hydrogen-bond acceptors (Lipinski definition) is 3. The normalized spacial score (nSPS) is 15.5. The van der Waals surface area contributed by atoms with Crippen LogP contribution in [0.4, 0.5) is 5.82 Å². The second-order valence-corrected chi connectivity index (χ2v) is 4.01. The summed E-state index contributed by atoms with van der Waals surface area (Å²) < 4.78 is 5.09. The van der Waals surface area contributed by atoms with Crippen LogP contribution in [0.3, 0.4) is 0 Å². The molecule has 1 aromatic carbocycles. The van der Waals surface area contributed by atoms with E-state index in [0.29, 0.717) is 5.82 Å². The van der Waals surface area contributed by atoms with Gasteiger partial charge in [-0.15, -0.1) is 0 Å². The van der Waals surface area contributed by atoms with Crippen LogP contribution in [0, 0.1) is 0 Å². The summed E-state index contributed by atoms with van der Waals surface area (Å²) in [5, 5.41) is 3.67. The third-order valence-electron chi connectivity index (χ3n) is 2.77. The lowest BCUT2D eigenvalue weighted by atomic mass is 10.1. The molecule has 0 aliphatic heterocycles. The maximum absolute atomic E-state index is 5.50. The fourth-order valence-corrected chi connectivity index (χ4v) is 1.76. The minimum atomic E-state index is 0.427. The van der Waals surface area contributed by atoms with Crippen molar-refractivity contribution in [3.8, 4) is 11.3 Å². The molecule has 1 aromatic heterocycles. The molecule has 1 aliphatic carbocycles.